The zero-order valence-corrected chi connectivity index (χ0v) is 14.2. The molecular formula is C18H12BrNO4. The molecule has 3 rings (SSSR count). The van der Waals surface area contributed by atoms with Gasteiger partial charge in [-0.25, -0.2) is 4.79 Å². The van der Waals surface area contributed by atoms with Crippen molar-refractivity contribution < 1.29 is 14.0 Å². The molecule has 3 aromatic rings. The molecule has 24 heavy (non-hydrogen) atoms. The van der Waals surface area contributed by atoms with Gasteiger partial charge in [-0.15, -0.1) is 0 Å². The molecule has 1 aromatic heterocycles. The van der Waals surface area contributed by atoms with E-state index >= 15 is 0 Å². The molecule has 0 spiro atoms. The third-order valence-electron chi connectivity index (χ3n) is 3.50. The fraction of sp³-hybridized carbons (Fsp3) is 0.0556. The lowest BCUT2D eigenvalue weighted by atomic mass is 10.1. The molecule has 0 aliphatic carbocycles. The first-order valence-corrected chi connectivity index (χ1v) is 7.89. The van der Waals surface area contributed by atoms with Crippen LogP contribution in [0.2, 0.25) is 0 Å². The number of ketones is 1. The molecule has 0 aliphatic rings. The summed E-state index contributed by atoms with van der Waals surface area (Å²) in [6.45, 7) is 1.47. The van der Waals surface area contributed by atoms with Gasteiger partial charge in [0.25, 0.3) is 5.91 Å². The van der Waals surface area contributed by atoms with Crippen LogP contribution in [0.15, 0.2) is 62.2 Å². The topological polar surface area (TPSA) is 76.4 Å². The van der Waals surface area contributed by atoms with E-state index in [2.05, 4.69) is 21.2 Å². The molecule has 2 aromatic carbocycles. The van der Waals surface area contributed by atoms with Gasteiger partial charge in [0.1, 0.15) is 0 Å². The van der Waals surface area contributed by atoms with Gasteiger partial charge in [-0.3, -0.25) is 9.59 Å². The maximum absolute atomic E-state index is 12.3. The van der Waals surface area contributed by atoms with Gasteiger partial charge in [0.15, 0.2) is 11.5 Å². The number of rotatable bonds is 3. The Kier molecular flexibility index (Phi) is 4.31. The standard InChI is InChI=1S/C18H12BrNO4/c1-10(21)11-3-6-14(7-4-11)20-17(22)16-8-12-2-5-13(19)9-15(12)18(23)24-16/h2-9H,1H3,(H,20,22). The number of hydrogen-bond donors (Lipinski definition) is 1. The van der Waals surface area contributed by atoms with E-state index in [4.69, 9.17) is 4.42 Å². The highest BCUT2D eigenvalue weighted by atomic mass is 79.9. The van der Waals surface area contributed by atoms with E-state index in [1.54, 1.807) is 42.5 Å². The number of fused-ring (bicyclic) bond motifs is 1. The first-order chi connectivity index (χ1) is 11.4. The minimum absolute atomic E-state index is 0.0560. The molecule has 0 saturated heterocycles. The summed E-state index contributed by atoms with van der Waals surface area (Å²) in [4.78, 5) is 35.5. The van der Waals surface area contributed by atoms with Crippen LogP contribution in [0.25, 0.3) is 10.8 Å². The highest BCUT2D eigenvalue weighted by Crippen LogP contribution is 2.19. The molecular weight excluding hydrogens is 374 g/mol. The monoisotopic (exact) mass is 385 g/mol. The Hall–Kier alpha value is -2.73. The minimum atomic E-state index is -0.578. The van der Waals surface area contributed by atoms with Gasteiger partial charge in [0.2, 0.25) is 0 Å². The quantitative estimate of drug-likeness (QED) is 0.691. The first-order valence-electron chi connectivity index (χ1n) is 7.10. The molecule has 0 fully saturated rings. The lowest BCUT2D eigenvalue weighted by molar-refractivity contribution is 0.0991. The van der Waals surface area contributed by atoms with Crippen molar-refractivity contribution in [2.45, 2.75) is 6.92 Å². The average Bonchev–Trinajstić information content (AvgIpc) is 2.55. The van der Waals surface area contributed by atoms with E-state index in [9.17, 15) is 14.4 Å². The second-order valence-corrected chi connectivity index (χ2v) is 6.13. The predicted molar refractivity (Wildman–Crippen MR) is 94.6 cm³/mol. The Balaban J connectivity index is 1.90. The van der Waals surface area contributed by atoms with E-state index in [1.807, 2.05) is 0 Å². The number of anilines is 1. The third kappa shape index (κ3) is 3.28. The maximum atomic E-state index is 12.3. The van der Waals surface area contributed by atoms with E-state index in [1.165, 1.54) is 13.0 Å². The highest BCUT2D eigenvalue weighted by Gasteiger charge is 2.13. The van der Waals surface area contributed by atoms with Crippen LogP contribution in [0.4, 0.5) is 5.69 Å². The number of amides is 1. The Morgan fingerprint density at radius 1 is 1.04 bits per heavy atom. The van der Waals surface area contributed by atoms with Gasteiger partial charge in [-0.05, 0) is 54.8 Å². The average molecular weight is 386 g/mol. The van der Waals surface area contributed by atoms with Crippen molar-refractivity contribution in [1.29, 1.82) is 0 Å². The van der Waals surface area contributed by atoms with Crippen LogP contribution in [0.5, 0.6) is 0 Å². The van der Waals surface area contributed by atoms with E-state index in [0.717, 1.165) is 4.47 Å². The number of carbonyl (C=O) groups excluding carboxylic acids is 2. The summed E-state index contributed by atoms with van der Waals surface area (Å²) >= 11 is 3.29. The Labute approximate surface area is 145 Å². The largest absolute Gasteiger partial charge is 0.417 e. The molecule has 0 aliphatic heterocycles. The van der Waals surface area contributed by atoms with Gasteiger partial charge in [0.05, 0.1) is 5.39 Å². The SMILES string of the molecule is CC(=O)c1ccc(NC(=O)c2cc3ccc(Br)cc3c(=O)o2)cc1. The van der Waals surface area contributed by atoms with E-state index < -0.39 is 11.5 Å². The van der Waals surface area contributed by atoms with Crippen LogP contribution in [0.3, 0.4) is 0 Å². The second kappa shape index (κ2) is 6.41. The molecule has 0 saturated carbocycles. The Morgan fingerprint density at radius 3 is 2.42 bits per heavy atom. The maximum Gasteiger partial charge on any atom is 0.344 e. The lowest BCUT2D eigenvalue weighted by Gasteiger charge is -2.06. The summed E-state index contributed by atoms with van der Waals surface area (Å²) < 4.78 is 5.85. The van der Waals surface area contributed by atoms with E-state index in [0.29, 0.717) is 22.0 Å². The summed E-state index contributed by atoms with van der Waals surface area (Å²) in [5.74, 6) is -0.669. The predicted octanol–water partition coefficient (Wildman–Crippen LogP) is 4.01. The van der Waals surface area contributed by atoms with Crippen molar-refractivity contribution in [3.05, 3.63) is 74.7 Å². The third-order valence-corrected chi connectivity index (χ3v) is 3.99. The van der Waals surface area contributed by atoms with Crippen molar-refractivity contribution >= 4 is 44.1 Å². The zero-order valence-electron chi connectivity index (χ0n) is 12.6. The van der Waals surface area contributed by atoms with Crippen LogP contribution < -0.4 is 10.9 Å². The van der Waals surface area contributed by atoms with Gasteiger partial charge in [-0.1, -0.05) is 22.0 Å². The fourth-order valence-corrected chi connectivity index (χ4v) is 2.61. The molecule has 6 heteroatoms. The summed E-state index contributed by atoms with van der Waals surface area (Å²) in [6.07, 6.45) is 0. The Morgan fingerprint density at radius 2 is 1.75 bits per heavy atom. The van der Waals surface area contributed by atoms with Crippen molar-refractivity contribution in [1.82, 2.24) is 0 Å². The second-order valence-electron chi connectivity index (χ2n) is 5.22. The van der Waals surface area contributed by atoms with Gasteiger partial charge >= 0.3 is 5.63 Å². The molecule has 5 nitrogen and oxygen atoms in total. The normalized spacial score (nSPS) is 10.6. The summed E-state index contributed by atoms with van der Waals surface area (Å²) in [7, 11) is 0. The molecule has 1 N–H and O–H groups in total. The van der Waals surface area contributed by atoms with Crippen molar-refractivity contribution in [3.63, 3.8) is 0 Å². The molecule has 0 atom stereocenters. The van der Waals surface area contributed by atoms with Gasteiger partial charge < -0.3 is 9.73 Å². The molecule has 120 valence electrons. The number of halogens is 1. The highest BCUT2D eigenvalue weighted by molar-refractivity contribution is 9.10. The summed E-state index contributed by atoms with van der Waals surface area (Å²) in [5.41, 5.74) is 0.477. The first kappa shape index (κ1) is 16.1. The van der Waals surface area contributed by atoms with Crippen LogP contribution >= 0.6 is 15.9 Å². The van der Waals surface area contributed by atoms with Crippen molar-refractivity contribution in [2.75, 3.05) is 5.32 Å². The molecule has 0 unspecified atom stereocenters. The van der Waals surface area contributed by atoms with Crippen LogP contribution in [-0.4, -0.2) is 11.7 Å². The van der Waals surface area contributed by atoms with Crippen LogP contribution in [0, 0.1) is 0 Å². The Bertz CT molecular complexity index is 1010. The van der Waals surface area contributed by atoms with Gasteiger partial charge in [0, 0.05) is 15.7 Å². The molecule has 0 radical (unpaired) electrons. The number of hydrogen-bond acceptors (Lipinski definition) is 4. The number of Topliss-reactive ketones (excluding diaryl/α,β-unsaturated/α-hetero) is 1. The smallest absolute Gasteiger partial charge is 0.344 e. The lowest BCUT2D eigenvalue weighted by Crippen LogP contribution is -2.15. The minimum Gasteiger partial charge on any atom is -0.417 e. The molecule has 1 heterocycles. The summed E-state index contributed by atoms with van der Waals surface area (Å²) in [6, 6.07) is 13.1. The molecule has 0 bridgehead atoms. The van der Waals surface area contributed by atoms with Gasteiger partial charge in [-0.2, -0.15) is 0 Å². The number of nitrogens with one attached hydrogen (secondary N) is 1. The van der Waals surface area contributed by atoms with Crippen LogP contribution in [0.1, 0.15) is 27.8 Å². The molecule has 1 amide bonds. The zero-order chi connectivity index (χ0) is 17.3. The van der Waals surface area contributed by atoms with Crippen molar-refractivity contribution in [2.24, 2.45) is 0 Å². The van der Waals surface area contributed by atoms with Crippen molar-refractivity contribution in [3.8, 4) is 0 Å². The fourth-order valence-electron chi connectivity index (χ4n) is 2.25. The number of carbonyl (C=O) groups is 2. The summed E-state index contributed by atoms with van der Waals surface area (Å²) in [5, 5.41) is 3.65. The number of benzene rings is 2. The van der Waals surface area contributed by atoms with Crippen LogP contribution in [-0.2, 0) is 0 Å². The van der Waals surface area contributed by atoms with E-state index in [-0.39, 0.29) is 11.5 Å².